The van der Waals surface area contributed by atoms with Gasteiger partial charge in [0.25, 0.3) is 0 Å². The first-order valence-corrected chi connectivity index (χ1v) is 6.50. The van der Waals surface area contributed by atoms with Gasteiger partial charge in [-0.25, -0.2) is 0 Å². The lowest BCUT2D eigenvalue weighted by atomic mass is 10.1. The van der Waals surface area contributed by atoms with Crippen molar-refractivity contribution >= 4 is 12.4 Å². The summed E-state index contributed by atoms with van der Waals surface area (Å²) in [7, 11) is 1.57. The van der Waals surface area contributed by atoms with E-state index >= 15 is 0 Å². The van der Waals surface area contributed by atoms with Crippen LogP contribution in [0, 0.1) is 0 Å². The lowest BCUT2D eigenvalue weighted by molar-refractivity contribution is -0.138. The molecule has 2 aromatic rings. The molecule has 0 bridgehead atoms. The molecule has 0 atom stereocenters. The van der Waals surface area contributed by atoms with Gasteiger partial charge in [-0.1, -0.05) is 36.4 Å². The van der Waals surface area contributed by atoms with Crippen molar-refractivity contribution in [2.45, 2.75) is 19.3 Å². The zero-order valence-corrected chi connectivity index (χ0v) is 12.8. The van der Waals surface area contributed by atoms with Crippen LogP contribution in [0.3, 0.4) is 0 Å². The third-order valence-corrected chi connectivity index (χ3v) is 3.15. The Bertz CT molecular complexity index is 602. The van der Waals surface area contributed by atoms with Crippen LogP contribution < -0.4 is 10.1 Å². The van der Waals surface area contributed by atoms with Crippen LogP contribution in [-0.4, -0.2) is 7.11 Å². The average Bonchev–Trinajstić information content (AvgIpc) is 2.47. The molecule has 0 aliphatic heterocycles. The van der Waals surface area contributed by atoms with E-state index in [1.807, 2.05) is 24.3 Å². The molecular formula is C16H17ClF3NO. The number of nitrogens with one attached hydrogen (secondary N) is 1. The summed E-state index contributed by atoms with van der Waals surface area (Å²) in [5.41, 5.74) is 0.543. The monoisotopic (exact) mass is 331 g/mol. The van der Waals surface area contributed by atoms with Gasteiger partial charge in [-0.2, -0.15) is 13.2 Å². The molecule has 0 unspecified atom stereocenters. The molecule has 0 aromatic heterocycles. The summed E-state index contributed by atoms with van der Waals surface area (Å²) in [5.74, 6) is 0.717. The number of hydrogen-bond acceptors (Lipinski definition) is 2. The minimum Gasteiger partial charge on any atom is -0.496 e. The molecular weight excluding hydrogens is 315 g/mol. The van der Waals surface area contributed by atoms with Gasteiger partial charge in [0, 0.05) is 18.7 Å². The highest BCUT2D eigenvalue weighted by Crippen LogP contribution is 2.31. The Balaban J connectivity index is 0.00000242. The highest BCUT2D eigenvalue weighted by Gasteiger charge is 2.32. The average molecular weight is 332 g/mol. The number of halogens is 4. The normalized spacial score (nSPS) is 10.9. The zero-order chi connectivity index (χ0) is 15.3. The lowest BCUT2D eigenvalue weighted by Gasteiger charge is -2.14. The quantitative estimate of drug-likeness (QED) is 0.875. The molecule has 2 rings (SSSR count). The van der Waals surface area contributed by atoms with Gasteiger partial charge in [0.2, 0.25) is 0 Å². The first-order chi connectivity index (χ1) is 10.0. The van der Waals surface area contributed by atoms with Crippen molar-refractivity contribution in [2.24, 2.45) is 0 Å². The van der Waals surface area contributed by atoms with E-state index in [1.165, 1.54) is 12.1 Å². The molecule has 0 spiro atoms. The van der Waals surface area contributed by atoms with Crippen LogP contribution >= 0.6 is 12.4 Å². The van der Waals surface area contributed by atoms with Gasteiger partial charge in [0.15, 0.2) is 0 Å². The number of hydrogen-bond donors (Lipinski definition) is 1. The number of para-hydroxylation sites is 1. The molecule has 0 saturated carbocycles. The Morgan fingerprint density at radius 1 is 0.909 bits per heavy atom. The van der Waals surface area contributed by atoms with Crippen molar-refractivity contribution in [3.63, 3.8) is 0 Å². The Morgan fingerprint density at radius 2 is 1.45 bits per heavy atom. The first-order valence-electron chi connectivity index (χ1n) is 6.50. The van der Waals surface area contributed by atoms with Gasteiger partial charge >= 0.3 is 6.18 Å². The van der Waals surface area contributed by atoms with E-state index in [-0.39, 0.29) is 24.5 Å². The van der Waals surface area contributed by atoms with E-state index < -0.39 is 11.7 Å². The van der Waals surface area contributed by atoms with Crippen LogP contribution in [0.4, 0.5) is 13.2 Å². The summed E-state index contributed by atoms with van der Waals surface area (Å²) in [6, 6.07) is 13.0. The summed E-state index contributed by atoms with van der Waals surface area (Å²) >= 11 is 0. The molecule has 0 radical (unpaired) electrons. The maximum Gasteiger partial charge on any atom is 0.416 e. The van der Waals surface area contributed by atoms with Crippen molar-refractivity contribution in [3.05, 3.63) is 65.2 Å². The van der Waals surface area contributed by atoms with Crippen molar-refractivity contribution < 1.29 is 17.9 Å². The molecule has 120 valence electrons. The standard InChI is InChI=1S/C16H16F3NO.ClH/c1-21-15-9-5-3-7-13(15)11-20-10-12-6-2-4-8-14(12)16(17,18)19;/h2-9,20H,10-11H2,1H3;1H. The second-order valence-electron chi connectivity index (χ2n) is 4.57. The second kappa shape index (κ2) is 8.06. The van der Waals surface area contributed by atoms with E-state index in [1.54, 1.807) is 13.2 Å². The van der Waals surface area contributed by atoms with Crippen molar-refractivity contribution in [3.8, 4) is 5.75 Å². The maximum atomic E-state index is 12.9. The highest BCUT2D eigenvalue weighted by atomic mass is 35.5. The van der Waals surface area contributed by atoms with E-state index in [9.17, 15) is 13.2 Å². The number of methoxy groups -OCH3 is 1. The van der Waals surface area contributed by atoms with E-state index in [4.69, 9.17) is 4.74 Å². The van der Waals surface area contributed by atoms with Crippen molar-refractivity contribution in [1.82, 2.24) is 5.32 Å². The minimum atomic E-state index is -4.33. The van der Waals surface area contributed by atoms with Gasteiger partial charge in [0.1, 0.15) is 5.75 Å². The topological polar surface area (TPSA) is 21.3 Å². The van der Waals surface area contributed by atoms with Gasteiger partial charge in [0.05, 0.1) is 12.7 Å². The van der Waals surface area contributed by atoms with E-state index in [0.29, 0.717) is 12.3 Å². The number of rotatable bonds is 5. The van der Waals surface area contributed by atoms with E-state index in [2.05, 4.69) is 5.32 Å². The van der Waals surface area contributed by atoms with Gasteiger partial charge < -0.3 is 10.1 Å². The second-order valence-corrected chi connectivity index (χ2v) is 4.57. The number of ether oxygens (including phenoxy) is 1. The fourth-order valence-corrected chi connectivity index (χ4v) is 2.13. The molecule has 0 amide bonds. The molecule has 22 heavy (non-hydrogen) atoms. The minimum absolute atomic E-state index is 0. The van der Waals surface area contributed by atoms with Gasteiger partial charge in [-0.3, -0.25) is 0 Å². The summed E-state index contributed by atoms with van der Waals surface area (Å²) < 4.78 is 43.8. The van der Waals surface area contributed by atoms with Crippen LogP contribution in [0.5, 0.6) is 5.75 Å². The lowest BCUT2D eigenvalue weighted by Crippen LogP contribution is -2.17. The SMILES string of the molecule is COc1ccccc1CNCc1ccccc1C(F)(F)F.Cl. The Hall–Kier alpha value is -1.72. The molecule has 0 saturated heterocycles. The number of alkyl halides is 3. The molecule has 6 heteroatoms. The molecule has 0 aliphatic carbocycles. The smallest absolute Gasteiger partial charge is 0.416 e. The van der Waals surface area contributed by atoms with E-state index in [0.717, 1.165) is 11.6 Å². The third kappa shape index (κ3) is 4.64. The summed E-state index contributed by atoms with van der Waals surface area (Å²) in [4.78, 5) is 0. The first kappa shape index (κ1) is 18.3. The maximum absolute atomic E-state index is 12.9. The van der Waals surface area contributed by atoms with Crippen LogP contribution in [0.15, 0.2) is 48.5 Å². The van der Waals surface area contributed by atoms with Crippen LogP contribution in [0.1, 0.15) is 16.7 Å². The summed E-state index contributed by atoms with van der Waals surface area (Å²) in [6.07, 6.45) is -4.33. The molecule has 2 aromatic carbocycles. The molecule has 0 aliphatic rings. The number of benzene rings is 2. The third-order valence-electron chi connectivity index (χ3n) is 3.15. The molecule has 0 heterocycles. The molecule has 2 nitrogen and oxygen atoms in total. The Labute approximate surface area is 133 Å². The Kier molecular flexibility index (Phi) is 6.71. The molecule has 1 N–H and O–H groups in total. The van der Waals surface area contributed by atoms with Gasteiger partial charge in [-0.15, -0.1) is 12.4 Å². The predicted molar refractivity (Wildman–Crippen MR) is 82.2 cm³/mol. The van der Waals surface area contributed by atoms with Crippen LogP contribution in [0.25, 0.3) is 0 Å². The summed E-state index contributed by atoms with van der Waals surface area (Å²) in [6.45, 7) is 0.587. The predicted octanol–water partition coefficient (Wildman–Crippen LogP) is 4.43. The highest BCUT2D eigenvalue weighted by molar-refractivity contribution is 5.85. The van der Waals surface area contributed by atoms with Crippen LogP contribution in [0.2, 0.25) is 0 Å². The van der Waals surface area contributed by atoms with Crippen LogP contribution in [-0.2, 0) is 19.3 Å². The zero-order valence-electron chi connectivity index (χ0n) is 12.0. The summed E-state index contributed by atoms with van der Waals surface area (Å²) in [5, 5.41) is 3.03. The van der Waals surface area contributed by atoms with Crippen molar-refractivity contribution in [2.75, 3.05) is 7.11 Å². The van der Waals surface area contributed by atoms with Gasteiger partial charge in [-0.05, 0) is 17.7 Å². The fraction of sp³-hybridized carbons (Fsp3) is 0.250. The van der Waals surface area contributed by atoms with Crippen molar-refractivity contribution in [1.29, 1.82) is 0 Å². The largest absolute Gasteiger partial charge is 0.496 e. The fourth-order valence-electron chi connectivity index (χ4n) is 2.13. The molecule has 0 fully saturated rings. The Morgan fingerprint density at radius 3 is 2.09 bits per heavy atom.